The van der Waals surface area contributed by atoms with Crippen molar-refractivity contribution in [1.29, 1.82) is 0 Å². The highest BCUT2D eigenvalue weighted by Crippen LogP contribution is 2.25. The third-order valence-corrected chi connectivity index (χ3v) is 5.96. The van der Waals surface area contributed by atoms with E-state index in [2.05, 4.69) is 22.3 Å². The molecule has 3 amide bonds. The van der Waals surface area contributed by atoms with E-state index < -0.39 is 0 Å². The van der Waals surface area contributed by atoms with Crippen LogP contribution in [0.5, 0.6) is 0 Å². The van der Waals surface area contributed by atoms with Crippen LogP contribution in [-0.2, 0) is 13.0 Å². The van der Waals surface area contributed by atoms with E-state index in [0.29, 0.717) is 17.7 Å². The summed E-state index contributed by atoms with van der Waals surface area (Å²) in [4.78, 5) is 41.8. The molecular formula is C27H27N3O3. The van der Waals surface area contributed by atoms with E-state index in [1.807, 2.05) is 62.6 Å². The van der Waals surface area contributed by atoms with Crippen molar-refractivity contribution in [2.75, 3.05) is 20.6 Å². The van der Waals surface area contributed by atoms with E-state index in [1.165, 1.54) is 16.5 Å². The Labute approximate surface area is 193 Å². The molecule has 1 atom stereocenters. The fourth-order valence-electron chi connectivity index (χ4n) is 3.98. The second-order valence-corrected chi connectivity index (χ2v) is 8.46. The quantitative estimate of drug-likeness (QED) is 0.544. The van der Waals surface area contributed by atoms with Gasteiger partial charge in [-0.2, -0.15) is 0 Å². The van der Waals surface area contributed by atoms with Crippen molar-refractivity contribution in [3.8, 4) is 0 Å². The van der Waals surface area contributed by atoms with Gasteiger partial charge in [0.1, 0.15) is 0 Å². The van der Waals surface area contributed by atoms with Crippen molar-refractivity contribution in [3.63, 3.8) is 0 Å². The van der Waals surface area contributed by atoms with Gasteiger partial charge in [0.15, 0.2) is 0 Å². The monoisotopic (exact) mass is 441 g/mol. The van der Waals surface area contributed by atoms with Gasteiger partial charge in [-0.15, -0.1) is 0 Å². The Morgan fingerprint density at radius 3 is 2.09 bits per heavy atom. The van der Waals surface area contributed by atoms with E-state index >= 15 is 0 Å². The first kappa shape index (κ1) is 22.4. The average molecular weight is 442 g/mol. The molecule has 3 aromatic carbocycles. The molecule has 6 nitrogen and oxygen atoms in total. The first-order valence-electron chi connectivity index (χ1n) is 11.0. The highest BCUT2D eigenvalue weighted by atomic mass is 16.2. The molecule has 1 unspecified atom stereocenters. The van der Waals surface area contributed by atoms with E-state index in [4.69, 9.17) is 0 Å². The lowest BCUT2D eigenvalue weighted by molar-refractivity contribution is 0.0642. The third kappa shape index (κ3) is 5.02. The van der Waals surface area contributed by atoms with E-state index in [1.54, 1.807) is 12.1 Å². The number of nitrogens with zero attached hydrogens (tertiary/aromatic N) is 2. The molecule has 3 aromatic rings. The molecule has 1 aliphatic heterocycles. The molecule has 0 aromatic heterocycles. The van der Waals surface area contributed by atoms with Gasteiger partial charge in [0, 0.05) is 18.2 Å². The van der Waals surface area contributed by atoms with Crippen LogP contribution in [-0.4, -0.2) is 54.2 Å². The average Bonchev–Trinajstić information content (AvgIpc) is 3.07. The number of rotatable bonds is 8. The molecule has 0 aliphatic carbocycles. The highest BCUT2D eigenvalue weighted by molar-refractivity contribution is 6.22. The summed E-state index contributed by atoms with van der Waals surface area (Å²) in [5.74, 6) is -0.968. The first-order chi connectivity index (χ1) is 15.9. The van der Waals surface area contributed by atoms with E-state index in [-0.39, 0.29) is 35.9 Å². The van der Waals surface area contributed by atoms with Crippen LogP contribution in [0.4, 0.5) is 0 Å². The molecule has 6 heteroatoms. The maximum atomic E-state index is 12.9. The second-order valence-electron chi connectivity index (χ2n) is 8.46. The van der Waals surface area contributed by atoms with Crippen molar-refractivity contribution < 1.29 is 14.4 Å². The van der Waals surface area contributed by atoms with Crippen molar-refractivity contribution in [3.05, 3.63) is 107 Å². The zero-order chi connectivity index (χ0) is 23.4. The molecule has 0 bridgehead atoms. The van der Waals surface area contributed by atoms with Gasteiger partial charge in [-0.3, -0.25) is 19.3 Å². The lowest BCUT2D eigenvalue weighted by Crippen LogP contribution is -2.41. The molecule has 0 radical (unpaired) electrons. The van der Waals surface area contributed by atoms with Crippen LogP contribution >= 0.6 is 0 Å². The summed E-state index contributed by atoms with van der Waals surface area (Å²) < 4.78 is 0. The molecule has 33 heavy (non-hydrogen) atoms. The molecule has 4 rings (SSSR count). The van der Waals surface area contributed by atoms with Crippen LogP contribution in [0.25, 0.3) is 0 Å². The molecule has 0 fully saturated rings. The molecular weight excluding hydrogens is 414 g/mol. The lowest BCUT2D eigenvalue weighted by atomic mass is 10.0. The zero-order valence-electron chi connectivity index (χ0n) is 18.8. The SMILES string of the molecule is CN(C)C(CNC(=O)c1ccc2c(c1)C(=O)N(Cc1ccccc1)C2=O)Cc1ccccc1. The van der Waals surface area contributed by atoms with Crippen molar-refractivity contribution >= 4 is 17.7 Å². The van der Waals surface area contributed by atoms with Crippen molar-refractivity contribution in [2.45, 2.75) is 19.0 Å². The molecule has 1 N–H and O–H groups in total. The van der Waals surface area contributed by atoms with Crippen molar-refractivity contribution in [1.82, 2.24) is 15.1 Å². The van der Waals surface area contributed by atoms with Gasteiger partial charge in [-0.05, 0) is 49.8 Å². The van der Waals surface area contributed by atoms with Crippen LogP contribution < -0.4 is 5.32 Å². The summed E-state index contributed by atoms with van der Waals surface area (Å²) in [6.45, 7) is 0.670. The van der Waals surface area contributed by atoms with Gasteiger partial charge in [-0.1, -0.05) is 60.7 Å². The number of fused-ring (bicyclic) bond motifs is 1. The molecule has 0 saturated heterocycles. The van der Waals surface area contributed by atoms with Gasteiger partial charge < -0.3 is 10.2 Å². The van der Waals surface area contributed by atoms with Crippen LogP contribution in [0, 0.1) is 0 Å². The summed E-state index contributed by atoms with van der Waals surface area (Å²) >= 11 is 0. The number of carbonyl (C=O) groups excluding carboxylic acids is 3. The normalized spacial score (nSPS) is 13.8. The number of hydrogen-bond donors (Lipinski definition) is 1. The van der Waals surface area contributed by atoms with Crippen LogP contribution in [0.3, 0.4) is 0 Å². The molecule has 0 spiro atoms. The van der Waals surface area contributed by atoms with Gasteiger partial charge in [0.25, 0.3) is 17.7 Å². The predicted octanol–water partition coefficient (Wildman–Crippen LogP) is 3.39. The minimum Gasteiger partial charge on any atom is -0.350 e. The largest absolute Gasteiger partial charge is 0.350 e. The molecule has 1 heterocycles. The number of nitrogens with one attached hydrogen (secondary N) is 1. The fourth-order valence-corrected chi connectivity index (χ4v) is 3.98. The van der Waals surface area contributed by atoms with E-state index in [9.17, 15) is 14.4 Å². The van der Waals surface area contributed by atoms with Crippen LogP contribution in [0.1, 0.15) is 42.2 Å². The number of likely N-dealkylation sites (N-methyl/N-ethyl adjacent to an activating group) is 1. The highest BCUT2D eigenvalue weighted by Gasteiger charge is 2.36. The van der Waals surface area contributed by atoms with Gasteiger partial charge in [0.2, 0.25) is 0 Å². The zero-order valence-corrected chi connectivity index (χ0v) is 18.8. The Morgan fingerprint density at radius 2 is 1.45 bits per heavy atom. The topological polar surface area (TPSA) is 69.7 Å². The maximum Gasteiger partial charge on any atom is 0.261 e. The minimum absolute atomic E-state index is 0.121. The number of benzene rings is 3. The number of hydrogen-bond acceptors (Lipinski definition) is 4. The Balaban J connectivity index is 1.44. The number of imide groups is 1. The first-order valence-corrected chi connectivity index (χ1v) is 11.0. The van der Waals surface area contributed by atoms with Gasteiger partial charge in [-0.25, -0.2) is 0 Å². The van der Waals surface area contributed by atoms with Crippen LogP contribution in [0.15, 0.2) is 78.9 Å². The summed E-state index contributed by atoms with van der Waals surface area (Å²) in [5, 5.41) is 2.98. The summed E-state index contributed by atoms with van der Waals surface area (Å²) in [7, 11) is 3.97. The van der Waals surface area contributed by atoms with Crippen LogP contribution in [0.2, 0.25) is 0 Å². The summed E-state index contributed by atoms with van der Waals surface area (Å²) in [6.07, 6.45) is 0.805. The van der Waals surface area contributed by atoms with Gasteiger partial charge >= 0.3 is 0 Å². The molecule has 0 saturated carbocycles. The second kappa shape index (κ2) is 9.79. The third-order valence-electron chi connectivity index (χ3n) is 5.96. The smallest absolute Gasteiger partial charge is 0.261 e. The van der Waals surface area contributed by atoms with Gasteiger partial charge in [0.05, 0.1) is 17.7 Å². The summed E-state index contributed by atoms with van der Waals surface area (Å²) in [6, 6.07) is 24.3. The predicted molar refractivity (Wildman–Crippen MR) is 127 cm³/mol. The lowest BCUT2D eigenvalue weighted by Gasteiger charge is -2.25. The van der Waals surface area contributed by atoms with E-state index in [0.717, 1.165) is 12.0 Å². The Hall–Kier alpha value is -3.77. The maximum absolute atomic E-state index is 12.9. The summed E-state index contributed by atoms with van der Waals surface area (Å²) in [5.41, 5.74) is 3.05. The fraction of sp³-hybridized carbons (Fsp3) is 0.222. The Kier molecular flexibility index (Phi) is 6.66. The standard InChI is InChI=1S/C27H27N3O3/c1-29(2)22(15-19-9-5-3-6-10-19)17-28-25(31)21-13-14-23-24(16-21)27(33)30(26(23)32)18-20-11-7-4-8-12-20/h3-14,16,22H,15,17-18H2,1-2H3,(H,28,31). The Morgan fingerprint density at radius 1 is 0.848 bits per heavy atom. The minimum atomic E-state index is -0.372. The Bertz CT molecular complexity index is 1160. The number of amides is 3. The van der Waals surface area contributed by atoms with Crippen molar-refractivity contribution in [2.24, 2.45) is 0 Å². The molecule has 1 aliphatic rings. The number of carbonyl (C=O) groups is 3. The molecule has 168 valence electrons.